The molecular formula is C6H6N2O5S. The number of hydrogen-bond donors (Lipinski definition) is 2. The van der Waals surface area contributed by atoms with Gasteiger partial charge < -0.3 is 0 Å². The summed E-state index contributed by atoms with van der Waals surface area (Å²) in [5, 5.41) is 10.4. The summed E-state index contributed by atoms with van der Waals surface area (Å²) in [6.07, 6.45) is 0. The lowest BCUT2D eigenvalue weighted by atomic mass is 10.3. The molecule has 0 bridgehead atoms. The average Bonchev–Trinajstić information content (AvgIpc) is 2.01. The van der Waals surface area contributed by atoms with Crippen molar-refractivity contribution in [3.8, 4) is 0 Å². The van der Waals surface area contributed by atoms with Gasteiger partial charge in [0.2, 0.25) is 0 Å². The van der Waals surface area contributed by atoms with Crippen LogP contribution in [-0.2, 0) is 10.3 Å². The third kappa shape index (κ3) is 2.68. The predicted molar refractivity (Wildman–Crippen MR) is 48.3 cm³/mol. The quantitative estimate of drug-likeness (QED) is 0.443. The van der Waals surface area contributed by atoms with Gasteiger partial charge in [-0.3, -0.25) is 19.4 Å². The van der Waals surface area contributed by atoms with Gasteiger partial charge in [-0.1, -0.05) is 12.1 Å². The minimum absolute atomic E-state index is 0.278. The van der Waals surface area contributed by atoms with E-state index in [4.69, 9.17) is 4.55 Å². The van der Waals surface area contributed by atoms with Gasteiger partial charge in [-0.05, 0) is 6.07 Å². The van der Waals surface area contributed by atoms with Crippen molar-refractivity contribution in [1.82, 2.24) is 0 Å². The highest BCUT2D eigenvalue weighted by Crippen LogP contribution is 2.23. The fraction of sp³-hybridized carbons (Fsp3) is 0. The molecule has 0 spiro atoms. The van der Waals surface area contributed by atoms with E-state index in [0.29, 0.717) is 0 Å². The molecule has 0 amide bonds. The molecule has 0 saturated heterocycles. The number of anilines is 1. The van der Waals surface area contributed by atoms with E-state index in [9.17, 15) is 18.5 Å². The average molecular weight is 218 g/mol. The Morgan fingerprint density at radius 1 is 1.36 bits per heavy atom. The van der Waals surface area contributed by atoms with Crippen LogP contribution in [0.1, 0.15) is 0 Å². The van der Waals surface area contributed by atoms with Crippen LogP contribution in [0, 0.1) is 10.1 Å². The van der Waals surface area contributed by atoms with Crippen molar-refractivity contribution in [3.63, 3.8) is 0 Å². The molecule has 1 aromatic rings. The van der Waals surface area contributed by atoms with Crippen LogP contribution in [0.3, 0.4) is 0 Å². The fourth-order valence-electron chi connectivity index (χ4n) is 0.858. The highest BCUT2D eigenvalue weighted by Gasteiger charge is 2.15. The molecule has 0 radical (unpaired) electrons. The maximum atomic E-state index is 10.4. The van der Waals surface area contributed by atoms with Crippen molar-refractivity contribution in [2.75, 3.05) is 4.72 Å². The molecule has 7 nitrogen and oxygen atoms in total. The zero-order chi connectivity index (χ0) is 10.8. The van der Waals surface area contributed by atoms with Gasteiger partial charge in [-0.15, -0.1) is 0 Å². The van der Waals surface area contributed by atoms with Crippen molar-refractivity contribution in [1.29, 1.82) is 0 Å². The molecule has 76 valence electrons. The minimum atomic E-state index is -4.49. The first kappa shape index (κ1) is 10.4. The van der Waals surface area contributed by atoms with Crippen LogP contribution >= 0.6 is 0 Å². The van der Waals surface area contributed by atoms with Crippen molar-refractivity contribution in [2.24, 2.45) is 0 Å². The first-order valence-electron chi connectivity index (χ1n) is 3.39. The first-order valence-corrected chi connectivity index (χ1v) is 4.83. The van der Waals surface area contributed by atoms with Gasteiger partial charge >= 0.3 is 10.3 Å². The molecular weight excluding hydrogens is 212 g/mol. The first-order chi connectivity index (χ1) is 6.40. The van der Waals surface area contributed by atoms with Crippen LogP contribution < -0.4 is 4.72 Å². The lowest BCUT2D eigenvalue weighted by Crippen LogP contribution is -2.11. The largest absolute Gasteiger partial charge is 0.357 e. The number of rotatable bonds is 3. The van der Waals surface area contributed by atoms with Gasteiger partial charge in [0, 0.05) is 6.07 Å². The smallest absolute Gasteiger partial charge is 0.269 e. The minimum Gasteiger partial charge on any atom is -0.269 e. The van der Waals surface area contributed by atoms with Crippen LogP contribution in [0.2, 0.25) is 0 Å². The predicted octanol–water partition coefficient (Wildman–Crippen LogP) is 0.809. The molecule has 0 aliphatic heterocycles. The molecule has 1 rings (SSSR count). The molecule has 14 heavy (non-hydrogen) atoms. The topological polar surface area (TPSA) is 110 Å². The Kier molecular flexibility index (Phi) is 2.68. The van der Waals surface area contributed by atoms with E-state index in [0.717, 1.165) is 6.07 Å². The Morgan fingerprint density at radius 3 is 2.43 bits per heavy atom. The van der Waals surface area contributed by atoms with E-state index in [-0.39, 0.29) is 5.69 Å². The van der Waals surface area contributed by atoms with E-state index in [1.165, 1.54) is 18.2 Å². The van der Waals surface area contributed by atoms with Gasteiger partial charge in [0.25, 0.3) is 5.69 Å². The van der Waals surface area contributed by atoms with Crippen LogP contribution in [0.5, 0.6) is 0 Å². The van der Waals surface area contributed by atoms with E-state index >= 15 is 0 Å². The molecule has 0 fully saturated rings. The fourth-order valence-corrected chi connectivity index (χ4v) is 1.31. The van der Waals surface area contributed by atoms with Crippen molar-refractivity contribution >= 4 is 21.7 Å². The SMILES string of the molecule is O=[N+]([O-])c1ccccc1NS(=O)(=O)O. The summed E-state index contributed by atoms with van der Waals surface area (Å²) in [4.78, 5) is 9.64. The highest BCUT2D eigenvalue weighted by molar-refractivity contribution is 7.87. The van der Waals surface area contributed by atoms with Crippen LogP contribution in [-0.4, -0.2) is 17.9 Å². The number of nitro groups is 1. The lowest BCUT2D eigenvalue weighted by molar-refractivity contribution is -0.383. The van der Waals surface area contributed by atoms with Crippen molar-refractivity contribution in [3.05, 3.63) is 34.4 Å². The Labute approximate surface area is 79.4 Å². The molecule has 0 unspecified atom stereocenters. The molecule has 2 N–H and O–H groups in total. The molecule has 0 aromatic heterocycles. The standard InChI is InChI=1S/C6H6N2O5S/c9-8(10)6-4-2-1-3-5(6)7-14(11,12)13/h1-4,7H,(H,11,12,13). The molecule has 8 heteroatoms. The number of nitro benzene ring substituents is 1. The summed E-state index contributed by atoms with van der Waals surface area (Å²) in [7, 11) is -4.49. The maximum Gasteiger partial charge on any atom is 0.357 e. The Bertz CT molecular complexity index is 455. The van der Waals surface area contributed by atoms with Crippen molar-refractivity contribution < 1.29 is 17.9 Å². The monoisotopic (exact) mass is 218 g/mol. The van der Waals surface area contributed by atoms with Gasteiger partial charge in [-0.2, -0.15) is 8.42 Å². The Hall–Kier alpha value is -1.67. The van der Waals surface area contributed by atoms with E-state index < -0.39 is 20.9 Å². The summed E-state index contributed by atoms with van der Waals surface area (Å²) < 4.78 is 30.8. The second-order valence-corrected chi connectivity index (χ2v) is 3.51. The number of nitrogens with zero attached hydrogens (tertiary/aromatic N) is 1. The number of benzene rings is 1. The summed E-state index contributed by atoms with van der Waals surface area (Å²) in [6.45, 7) is 0. The maximum absolute atomic E-state index is 10.4. The van der Waals surface area contributed by atoms with E-state index in [2.05, 4.69) is 0 Å². The second kappa shape index (κ2) is 3.60. The molecule has 0 aliphatic rings. The zero-order valence-corrected chi connectivity index (χ0v) is 7.56. The molecule has 0 heterocycles. The highest BCUT2D eigenvalue weighted by atomic mass is 32.2. The van der Waals surface area contributed by atoms with E-state index in [1.807, 2.05) is 0 Å². The molecule has 0 atom stereocenters. The van der Waals surface area contributed by atoms with Gasteiger partial charge in [0.15, 0.2) is 0 Å². The molecule has 1 aromatic carbocycles. The number of hydrogen-bond acceptors (Lipinski definition) is 4. The zero-order valence-electron chi connectivity index (χ0n) is 6.75. The Balaban J connectivity index is 3.15. The molecule has 0 saturated carbocycles. The molecule has 0 aliphatic carbocycles. The van der Waals surface area contributed by atoms with Crippen molar-refractivity contribution in [2.45, 2.75) is 0 Å². The van der Waals surface area contributed by atoms with E-state index in [1.54, 1.807) is 4.72 Å². The summed E-state index contributed by atoms with van der Waals surface area (Å²) in [5.74, 6) is 0. The normalized spacial score (nSPS) is 10.9. The third-order valence-electron chi connectivity index (χ3n) is 1.34. The lowest BCUT2D eigenvalue weighted by Gasteiger charge is -2.02. The van der Waals surface area contributed by atoms with Gasteiger partial charge in [-0.25, -0.2) is 0 Å². The van der Waals surface area contributed by atoms with Crippen LogP contribution in [0.15, 0.2) is 24.3 Å². The second-order valence-electron chi connectivity index (χ2n) is 2.35. The summed E-state index contributed by atoms with van der Waals surface area (Å²) in [5.41, 5.74) is -0.704. The number of nitrogens with one attached hydrogen (secondary N) is 1. The third-order valence-corrected chi connectivity index (χ3v) is 1.82. The van der Waals surface area contributed by atoms with Gasteiger partial charge in [0.05, 0.1) is 4.92 Å². The Morgan fingerprint density at radius 2 is 1.93 bits per heavy atom. The number of para-hydroxylation sites is 2. The summed E-state index contributed by atoms with van der Waals surface area (Å²) in [6, 6.07) is 5.08. The summed E-state index contributed by atoms with van der Waals surface area (Å²) >= 11 is 0. The van der Waals surface area contributed by atoms with Crippen LogP contribution in [0.25, 0.3) is 0 Å². The van der Waals surface area contributed by atoms with Gasteiger partial charge in [0.1, 0.15) is 5.69 Å². The van der Waals surface area contributed by atoms with Crippen LogP contribution in [0.4, 0.5) is 11.4 Å².